The van der Waals surface area contributed by atoms with E-state index in [2.05, 4.69) is 47.1 Å². The average Bonchev–Trinajstić information content (AvgIpc) is 2.74. The summed E-state index contributed by atoms with van der Waals surface area (Å²) >= 11 is 11.6. The van der Waals surface area contributed by atoms with Gasteiger partial charge >= 0.3 is 0 Å². The fourth-order valence-corrected chi connectivity index (χ4v) is 2.85. The van der Waals surface area contributed by atoms with E-state index in [4.69, 9.17) is 11.6 Å². The SMILES string of the molecule is Cc1ccc(C(Cl)c2cccs2)cc1Br. The zero-order valence-corrected chi connectivity index (χ0v) is 11.4. The molecule has 0 saturated carbocycles. The highest BCUT2D eigenvalue weighted by Crippen LogP contribution is 2.33. The van der Waals surface area contributed by atoms with Crippen molar-refractivity contribution in [1.29, 1.82) is 0 Å². The molecule has 0 spiro atoms. The molecule has 1 unspecified atom stereocenters. The molecule has 0 nitrogen and oxygen atoms in total. The van der Waals surface area contributed by atoms with E-state index in [1.54, 1.807) is 11.3 Å². The molecule has 78 valence electrons. The molecule has 0 fully saturated rings. The van der Waals surface area contributed by atoms with E-state index in [-0.39, 0.29) is 5.38 Å². The lowest BCUT2D eigenvalue weighted by molar-refractivity contribution is 1.17. The highest BCUT2D eigenvalue weighted by molar-refractivity contribution is 9.10. The monoisotopic (exact) mass is 300 g/mol. The van der Waals surface area contributed by atoms with Gasteiger partial charge in [-0.05, 0) is 35.6 Å². The van der Waals surface area contributed by atoms with Crippen molar-refractivity contribution in [3.05, 3.63) is 56.2 Å². The van der Waals surface area contributed by atoms with Crippen molar-refractivity contribution in [2.24, 2.45) is 0 Å². The van der Waals surface area contributed by atoms with Crippen LogP contribution in [0.2, 0.25) is 0 Å². The topological polar surface area (TPSA) is 0 Å². The van der Waals surface area contributed by atoms with Crippen LogP contribution in [0.1, 0.15) is 21.4 Å². The van der Waals surface area contributed by atoms with E-state index < -0.39 is 0 Å². The van der Waals surface area contributed by atoms with Gasteiger partial charge in [0.25, 0.3) is 0 Å². The van der Waals surface area contributed by atoms with E-state index in [0.29, 0.717) is 0 Å². The standard InChI is InChI=1S/C12H10BrClS/c1-8-4-5-9(7-10(8)13)12(14)11-3-2-6-15-11/h2-7,12H,1H3. The van der Waals surface area contributed by atoms with Gasteiger partial charge in [0.1, 0.15) is 0 Å². The van der Waals surface area contributed by atoms with Crippen molar-refractivity contribution >= 4 is 38.9 Å². The van der Waals surface area contributed by atoms with Crippen molar-refractivity contribution in [2.45, 2.75) is 12.3 Å². The Morgan fingerprint density at radius 3 is 2.73 bits per heavy atom. The summed E-state index contributed by atoms with van der Waals surface area (Å²) in [6, 6.07) is 10.3. The van der Waals surface area contributed by atoms with E-state index >= 15 is 0 Å². The van der Waals surface area contributed by atoms with Crippen LogP contribution >= 0.6 is 38.9 Å². The number of alkyl halides is 1. The zero-order chi connectivity index (χ0) is 10.8. The Morgan fingerprint density at radius 1 is 1.33 bits per heavy atom. The number of aryl methyl sites for hydroxylation is 1. The first-order valence-electron chi connectivity index (χ1n) is 4.62. The summed E-state index contributed by atoms with van der Waals surface area (Å²) < 4.78 is 1.11. The molecule has 1 aromatic heterocycles. The van der Waals surface area contributed by atoms with E-state index in [9.17, 15) is 0 Å². The van der Waals surface area contributed by atoms with Gasteiger partial charge in [-0.3, -0.25) is 0 Å². The smallest absolute Gasteiger partial charge is 0.0928 e. The third-order valence-electron chi connectivity index (χ3n) is 2.28. The summed E-state index contributed by atoms with van der Waals surface area (Å²) in [7, 11) is 0. The summed E-state index contributed by atoms with van der Waals surface area (Å²) in [6.45, 7) is 2.07. The second-order valence-electron chi connectivity index (χ2n) is 3.39. The maximum absolute atomic E-state index is 6.39. The fraction of sp³-hybridized carbons (Fsp3) is 0.167. The molecule has 0 aliphatic heterocycles. The van der Waals surface area contributed by atoms with Gasteiger partial charge in [-0.2, -0.15) is 0 Å². The molecule has 0 saturated heterocycles. The molecule has 2 aromatic rings. The van der Waals surface area contributed by atoms with Crippen LogP contribution in [0.5, 0.6) is 0 Å². The average molecular weight is 302 g/mol. The Hall–Kier alpha value is -0.310. The molecule has 1 heterocycles. The molecule has 0 aliphatic carbocycles. The van der Waals surface area contributed by atoms with Crippen molar-refractivity contribution in [3.8, 4) is 0 Å². The molecule has 1 aromatic carbocycles. The quantitative estimate of drug-likeness (QED) is 0.673. The van der Waals surface area contributed by atoms with Crippen LogP contribution in [-0.2, 0) is 0 Å². The molecule has 0 aliphatic rings. The minimum atomic E-state index is -0.0399. The first kappa shape index (κ1) is 11.2. The first-order chi connectivity index (χ1) is 7.18. The largest absolute Gasteiger partial charge is 0.147 e. The Morgan fingerprint density at radius 2 is 2.13 bits per heavy atom. The molecular weight excluding hydrogens is 292 g/mol. The van der Waals surface area contributed by atoms with Gasteiger partial charge in [-0.15, -0.1) is 22.9 Å². The summed E-state index contributed by atoms with van der Waals surface area (Å²) in [6.07, 6.45) is 0. The Labute approximate surface area is 107 Å². The highest BCUT2D eigenvalue weighted by atomic mass is 79.9. The summed E-state index contributed by atoms with van der Waals surface area (Å²) in [5.41, 5.74) is 2.37. The molecule has 15 heavy (non-hydrogen) atoms. The van der Waals surface area contributed by atoms with Crippen LogP contribution in [0.3, 0.4) is 0 Å². The normalized spacial score (nSPS) is 12.7. The Balaban J connectivity index is 2.34. The van der Waals surface area contributed by atoms with Crippen LogP contribution < -0.4 is 0 Å². The Bertz CT molecular complexity index is 451. The third-order valence-corrected chi connectivity index (χ3v) is 4.69. The van der Waals surface area contributed by atoms with Gasteiger partial charge in [0.15, 0.2) is 0 Å². The van der Waals surface area contributed by atoms with Gasteiger partial charge in [0, 0.05) is 9.35 Å². The lowest BCUT2D eigenvalue weighted by Gasteiger charge is -2.09. The number of halogens is 2. The van der Waals surface area contributed by atoms with Crippen molar-refractivity contribution < 1.29 is 0 Å². The molecule has 3 heteroatoms. The first-order valence-corrected chi connectivity index (χ1v) is 6.73. The lowest BCUT2D eigenvalue weighted by atomic mass is 10.1. The maximum Gasteiger partial charge on any atom is 0.0928 e. The number of hydrogen-bond acceptors (Lipinski definition) is 1. The number of benzene rings is 1. The van der Waals surface area contributed by atoms with E-state index in [1.165, 1.54) is 10.4 Å². The van der Waals surface area contributed by atoms with Gasteiger partial charge in [-0.1, -0.05) is 34.1 Å². The van der Waals surface area contributed by atoms with Gasteiger partial charge < -0.3 is 0 Å². The van der Waals surface area contributed by atoms with Gasteiger partial charge in [-0.25, -0.2) is 0 Å². The van der Waals surface area contributed by atoms with Crippen LogP contribution in [0.25, 0.3) is 0 Å². The summed E-state index contributed by atoms with van der Waals surface area (Å²) in [4.78, 5) is 1.19. The number of thiophene rings is 1. The lowest BCUT2D eigenvalue weighted by Crippen LogP contribution is -1.90. The van der Waals surface area contributed by atoms with Crippen LogP contribution in [0.15, 0.2) is 40.2 Å². The van der Waals surface area contributed by atoms with Crippen LogP contribution in [0.4, 0.5) is 0 Å². The van der Waals surface area contributed by atoms with E-state index in [0.717, 1.165) is 10.0 Å². The molecule has 2 rings (SSSR count). The van der Waals surface area contributed by atoms with Crippen molar-refractivity contribution in [2.75, 3.05) is 0 Å². The minimum absolute atomic E-state index is 0.0399. The van der Waals surface area contributed by atoms with Gasteiger partial charge in [0.05, 0.1) is 5.38 Å². The van der Waals surface area contributed by atoms with Crippen LogP contribution in [0, 0.1) is 6.92 Å². The minimum Gasteiger partial charge on any atom is -0.147 e. The third kappa shape index (κ3) is 2.44. The van der Waals surface area contributed by atoms with Crippen molar-refractivity contribution in [3.63, 3.8) is 0 Å². The molecule has 0 radical (unpaired) electrons. The second kappa shape index (κ2) is 4.69. The number of hydrogen-bond donors (Lipinski definition) is 0. The molecule has 0 bridgehead atoms. The van der Waals surface area contributed by atoms with Gasteiger partial charge in [0.2, 0.25) is 0 Å². The maximum atomic E-state index is 6.39. The molecular formula is C12H10BrClS. The zero-order valence-electron chi connectivity index (χ0n) is 8.21. The van der Waals surface area contributed by atoms with Crippen molar-refractivity contribution in [1.82, 2.24) is 0 Å². The summed E-state index contributed by atoms with van der Waals surface area (Å²) in [5, 5.41) is 2.01. The predicted octanol–water partition coefficient (Wildman–Crippen LogP) is 5.15. The summed E-state index contributed by atoms with van der Waals surface area (Å²) in [5.74, 6) is 0. The molecule has 0 N–H and O–H groups in total. The Kier molecular flexibility index (Phi) is 3.49. The number of rotatable bonds is 2. The van der Waals surface area contributed by atoms with E-state index in [1.807, 2.05) is 11.4 Å². The fourth-order valence-electron chi connectivity index (χ4n) is 1.37. The van der Waals surface area contributed by atoms with Crippen LogP contribution in [-0.4, -0.2) is 0 Å². The molecule has 1 atom stereocenters. The predicted molar refractivity (Wildman–Crippen MR) is 70.9 cm³/mol. The highest BCUT2D eigenvalue weighted by Gasteiger charge is 2.12. The molecule has 0 amide bonds. The second-order valence-corrected chi connectivity index (χ2v) is 5.66.